The number of nitrogens with zero attached hydrogens (tertiary/aromatic N) is 3. The Morgan fingerprint density at radius 3 is 2.25 bits per heavy atom. The smallest absolute Gasteiger partial charge is 0.281 e. The van der Waals surface area contributed by atoms with Gasteiger partial charge in [-0.25, -0.2) is 0 Å². The van der Waals surface area contributed by atoms with Crippen molar-refractivity contribution in [2.45, 2.75) is 6.92 Å². The molecule has 0 aliphatic carbocycles. The summed E-state index contributed by atoms with van der Waals surface area (Å²) >= 11 is 1.51. The molecule has 0 N–H and O–H groups in total. The molecule has 2 rings (SSSR count). The Kier molecular flexibility index (Phi) is 4.48. The molecule has 1 aromatic heterocycles. The maximum absolute atomic E-state index is 12.3. The van der Waals surface area contributed by atoms with Crippen molar-refractivity contribution in [3.05, 3.63) is 21.9 Å². The van der Waals surface area contributed by atoms with E-state index >= 15 is 0 Å². The molecule has 0 aromatic carbocycles. The van der Waals surface area contributed by atoms with Crippen molar-refractivity contribution in [3.8, 4) is 0 Å². The standard InChI is InChI=1S/C12H19N3O3S2/c1-10-8-19-9-11(10)12(16)14-4-6-15(7-5-14)20(17,18)13(2)3/h8-9H,4-7H2,1-3H3. The molecule has 0 atom stereocenters. The van der Waals surface area contributed by atoms with Crippen molar-refractivity contribution >= 4 is 27.5 Å². The lowest BCUT2D eigenvalue weighted by molar-refractivity contribution is 0.0695. The zero-order chi connectivity index (χ0) is 14.9. The van der Waals surface area contributed by atoms with Gasteiger partial charge in [-0.05, 0) is 17.9 Å². The molecule has 1 amide bonds. The average molecular weight is 317 g/mol. The van der Waals surface area contributed by atoms with Crippen LogP contribution < -0.4 is 0 Å². The molecule has 20 heavy (non-hydrogen) atoms. The Balaban J connectivity index is 2.02. The fourth-order valence-electron chi connectivity index (χ4n) is 2.10. The molecule has 2 heterocycles. The molecule has 1 aromatic rings. The Morgan fingerprint density at radius 2 is 1.80 bits per heavy atom. The third-order valence-electron chi connectivity index (χ3n) is 3.40. The van der Waals surface area contributed by atoms with Crippen LogP contribution in [0.25, 0.3) is 0 Å². The maximum Gasteiger partial charge on any atom is 0.281 e. The Morgan fingerprint density at radius 1 is 1.20 bits per heavy atom. The summed E-state index contributed by atoms with van der Waals surface area (Å²) in [5, 5.41) is 3.79. The minimum atomic E-state index is -3.38. The summed E-state index contributed by atoms with van der Waals surface area (Å²) in [6, 6.07) is 0. The normalized spacial score (nSPS) is 17.7. The van der Waals surface area contributed by atoms with E-state index in [4.69, 9.17) is 0 Å². The van der Waals surface area contributed by atoms with Crippen molar-refractivity contribution in [1.82, 2.24) is 13.5 Å². The van der Waals surface area contributed by atoms with Crippen LogP contribution in [0, 0.1) is 6.92 Å². The van der Waals surface area contributed by atoms with E-state index in [2.05, 4.69) is 0 Å². The fourth-order valence-corrected chi connectivity index (χ4v) is 4.01. The average Bonchev–Trinajstić information content (AvgIpc) is 2.84. The van der Waals surface area contributed by atoms with Crippen LogP contribution in [-0.4, -0.2) is 68.1 Å². The first-order valence-electron chi connectivity index (χ1n) is 6.33. The monoisotopic (exact) mass is 317 g/mol. The van der Waals surface area contributed by atoms with E-state index in [1.165, 1.54) is 34.0 Å². The molecule has 0 bridgehead atoms. The third kappa shape index (κ3) is 2.88. The van der Waals surface area contributed by atoms with E-state index < -0.39 is 10.2 Å². The van der Waals surface area contributed by atoms with Crippen LogP contribution >= 0.6 is 11.3 Å². The number of amides is 1. The summed E-state index contributed by atoms with van der Waals surface area (Å²) in [4.78, 5) is 14.0. The molecule has 0 saturated carbocycles. The first-order valence-corrected chi connectivity index (χ1v) is 8.67. The zero-order valence-corrected chi connectivity index (χ0v) is 13.5. The Bertz CT molecular complexity index is 587. The van der Waals surface area contributed by atoms with Gasteiger partial charge in [-0.1, -0.05) is 0 Å². The van der Waals surface area contributed by atoms with Crippen molar-refractivity contribution in [2.24, 2.45) is 0 Å². The lowest BCUT2D eigenvalue weighted by atomic mass is 10.2. The third-order valence-corrected chi connectivity index (χ3v) is 6.20. The minimum absolute atomic E-state index is 0.00866. The van der Waals surface area contributed by atoms with E-state index in [0.717, 1.165) is 11.1 Å². The molecular weight excluding hydrogens is 298 g/mol. The van der Waals surface area contributed by atoms with Gasteiger partial charge >= 0.3 is 0 Å². The number of carbonyl (C=O) groups is 1. The highest BCUT2D eigenvalue weighted by Gasteiger charge is 2.30. The van der Waals surface area contributed by atoms with Gasteiger partial charge in [0, 0.05) is 45.7 Å². The lowest BCUT2D eigenvalue weighted by Crippen LogP contribution is -2.53. The number of thiophene rings is 1. The Hall–Kier alpha value is -0.960. The summed E-state index contributed by atoms with van der Waals surface area (Å²) in [5.41, 5.74) is 1.70. The molecule has 6 nitrogen and oxygen atoms in total. The predicted molar refractivity (Wildman–Crippen MR) is 79.1 cm³/mol. The van der Waals surface area contributed by atoms with E-state index in [9.17, 15) is 13.2 Å². The van der Waals surface area contributed by atoms with Crippen LogP contribution in [0.4, 0.5) is 0 Å². The molecule has 1 aliphatic heterocycles. The predicted octanol–water partition coefficient (Wildman–Crippen LogP) is 0.621. The highest BCUT2D eigenvalue weighted by atomic mass is 32.2. The molecule has 0 spiro atoms. The zero-order valence-electron chi connectivity index (χ0n) is 11.9. The summed E-state index contributed by atoms with van der Waals surface area (Å²) in [6.07, 6.45) is 0. The van der Waals surface area contributed by atoms with Crippen molar-refractivity contribution in [2.75, 3.05) is 40.3 Å². The second kappa shape index (κ2) is 5.80. The van der Waals surface area contributed by atoms with E-state index in [-0.39, 0.29) is 5.91 Å². The SMILES string of the molecule is Cc1cscc1C(=O)N1CCN(S(=O)(=O)N(C)C)CC1. The second-order valence-corrected chi connectivity index (χ2v) is 7.84. The number of rotatable bonds is 3. The quantitative estimate of drug-likeness (QED) is 0.821. The van der Waals surface area contributed by atoms with Gasteiger partial charge in [0.15, 0.2) is 0 Å². The van der Waals surface area contributed by atoms with Crippen LogP contribution in [0.5, 0.6) is 0 Å². The number of hydrogen-bond acceptors (Lipinski definition) is 4. The van der Waals surface area contributed by atoms with Gasteiger partial charge < -0.3 is 4.90 Å². The van der Waals surface area contributed by atoms with Gasteiger partial charge in [-0.15, -0.1) is 0 Å². The summed E-state index contributed by atoms with van der Waals surface area (Å²) in [7, 11) is -0.349. The largest absolute Gasteiger partial charge is 0.336 e. The molecule has 0 radical (unpaired) electrons. The highest BCUT2D eigenvalue weighted by Crippen LogP contribution is 2.18. The first kappa shape index (κ1) is 15.4. The molecule has 8 heteroatoms. The van der Waals surface area contributed by atoms with Gasteiger partial charge in [0.05, 0.1) is 5.56 Å². The summed E-state index contributed by atoms with van der Waals surface area (Å²) in [6.45, 7) is 3.46. The van der Waals surface area contributed by atoms with Gasteiger partial charge in [0.2, 0.25) is 0 Å². The number of hydrogen-bond donors (Lipinski definition) is 0. The van der Waals surface area contributed by atoms with Crippen molar-refractivity contribution in [1.29, 1.82) is 0 Å². The highest BCUT2D eigenvalue weighted by molar-refractivity contribution is 7.86. The van der Waals surface area contributed by atoms with Crippen molar-refractivity contribution < 1.29 is 13.2 Å². The van der Waals surface area contributed by atoms with E-state index in [0.29, 0.717) is 26.2 Å². The second-order valence-electron chi connectivity index (χ2n) is 4.95. The topological polar surface area (TPSA) is 60.9 Å². The van der Waals surface area contributed by atoms with Gasteiger partial charge in [-0.3, -0.25) is 4.79 Å². The van der Waals surface area contributed by atoms with Crippen LogP contribution in [0.3, 0.4) is 0 Å². The van der Waals surface area contributed by atoms with Crippen LogP contribution in [-0.2, 0) is 10.2 Å². The number of aryl methyl sites for hydroxylation is 1. The molecule has 1 saturated heterocycles. The van der Waals surface area contributed by atoms with Crippen LogP contribution in [0.15, 0.2) is 10.8 Å². The van der Waals surface area contributed by atoms with Crippen LogP contribution in [0.2, 0.25) is 0 Å². The van der Waals surface area contributed by atoms with E-state index in [1.54, 1.807) is 4.90 Å². The lowest BCUT2D eigenvalue weighted by Gasteiger charge is -2.35. The van der Waals surface area contributed by atoms with Gasteiger partial charge in [0.1, 0.15) is 0 Å². The minimum Gasteiger partial charge on any atom is -0.336 e. The summed E-state index contributed by atoms with van der Waals surface area (Å²) in [5.74, 6) is -0.00866. The van der Waals surface area contributed by atoms with Crippen molar-refractivity contribution in [3.63, 3.8) is 0 Å². The molecule has 112 valence electrons. The first-order chi connectivity index (χ1) is 9.34. The van der Waals surface area contributed by atoms with Gasteiger partial charge in [-0.2, -0.15) is 28.4 Å². The number of piperazine rings is 1. The molecular formula is C12H19N3O3S2. The van der Waals surface area contributed by atoms with E-state index in [1.807, 2.05) is 17.7 Å². The fraction of sp³-hybridized carbons (Fsp3) is 0.583. The molecule has 1 fully saturated rings. The number of carbonyl (C=O) groups excluding carboxylic acids is 1. The van der Waals surface area contributed by atoms with Gasteiger partial charge in [0.25, 0.3) is 16.1 Å². The maximum atomic E-state index is 12.3. The Labute approximate surface area is 123 Å². The summed E-state index contributed by atoms with van der Waals surface area (Å²) < 4.78 is 26.6. The molecule has 1 aliphatic rings. The van der Waals surface area contributed by atoms with Crippen LogP contribution in [0.1, 0.15) is 15.9 Å². The molecule has 0 unspecified atom stereocenters.